The standard InChI is InChI=1S/C11H19N3/c1-8(2)11-13-9(7-12)10-5-3-4-6-14(10)11/h8H,3-7,12H2,1-2H3. The molecule has 0 spiro atoms. The summed E-state index contributed by atoms with van der Waals surface area (Å²) in [5, 5.41) is 0. The Morgan fingerprint density at radius 2 is 2.21 bits per heavy atom. The van der Waals surface area contributed by atoms with Crippen molar-refractivity contribution < 1.29 is 0 Å². The van der Waals surface area contributed by atoms with Crippen LogP contribution in [0.3, 0.4) is 0 Å². The molecule has 1 aromatic heterocycles. The molecule has 0 fully saturated rings. The first-order valence-corrected chi connectivity index (χ1v) is 5.52. The van der Waals surface area contributed by atoms with Crippen molar-refractivity contribution in [2.45, 2.75) is 52.1 Å². The van der Waals surface area contributed by atoms with Gasteiger partial charge in [0.1, 0.15) is 5.82 Å². The van der Waals surface area contributed by atoms with E-state index in [1.165, 1.54) is 24.4 Å². The maximum atomic E-state index is 5.71. The highest BCUT2D eigenvalue weighted by Gasteiger charge is 2.20. The average molecular weight is 193 g/mol. The first-order valence-electron chi connectivity index (χ1n) is 5.52. The number of aromatic nitrogens is 2. The Balaban J connectivity index is 2.46. The molecule has 0 amide bonds. The van der Waals surface area contributed by atoms with Crippen molar-refractivity contribution in [1.29, 1.82) is 0 Å². The molecule has 78 valence electrons. The fourth-order valence-corrected chi connectivity index (χ4v) is 2.25. The van der Waals surface area contributed by atoms with Crippen LogP contribution in [0.25, 0.3) is 0 Å². The van der Waals surface area contributed by atoms with Gasteiger partial charge >= 0.3 is 0 Å². The number of hydrogen-bond donors (Lipinski definition) is 1. The molecule has 3 heteroatoms. The molecule has 0 bridgehead atoms. The Morgan fingerprint density at radius 1 is 1.43 bits per heavy atom. The molecule has 3 nitrogen and oxygen atoms in total. The van der Waals surface area contributed by atoms with Crippen LogP contribution >= 0.6 is 0 Å². The van der Waals surface area contributed by atoms with Gasteiger partial charge in [-0.05, 0) is 19.3 Å². The van der Waals surface area contributed by atoms with Crippen LogP contribution < -0.4 is 5.73 Å². The van der Waals surface area contributed by atoms with Crippen LogP contribution in [0.1, 0.15) is 49.8 Å². The highest BCUT2D eigenvalue weighted by atomic mass is 15.1. The van der Waals surface area contributed by atoms with E-state index in [1.807, 2.05) is 0 Å². The molecule has 2 rings (SSSR count). The minimum Gasteiger partial charge on any atom is -0.332 e. The zero-order chi connectivity index (χ0) is 10.1. The van der Waals surface area contributed by atoms with Gasteiger partial charge in [0.2, 0.25) is 0 Å². The number of nitrogens with two attached hydrogens (primary N) is 1. The van der Waals surface area contributed by atoms with Crippen molar-refractivity contribution in [3.8, 4) is 0 Å². The van der Waals surface area contributed by atoms with Crippen LogP contribution in [0.2, 0.25) is 0 Å². The van der Waals surface area contributed by atoms with Gasteiger partial charge in [0.05, 0.1) is 5.69 Å². The van der Waals surface area contributed by atoms with Gasteiger partial charge in [-0.3, -0.25) is 0 Å². The molecule has 0 radical (unpaired) electrons. The van der Waals surface area contributed by atoms with E-state index in [0.717, 1.165) is 18.7 Å². The SMILES string of the molecule is CC(C)c1nc(CN)c2n1CCCC2. The summed E-state index contributed by atoms with van der Waals surface area (Å²) < 4.78 is 2.39. The summed E-state index contributed by atoms with van der Waals surface area (Å²) in [6.45, 7) is 6.12. The Hall–Kier alpha value is -0.830. The van der Waals surface area contributed by atoms with Crippen molar-refractivity contribution >= 4 is 0 Å². The molecule has 0 unspecified atom stereocenters. The van der Waals surface area contributed by atoms with Gasteiger partial charge in [0, 0.05) is 24.7 Å². The normalized spacial score (nSPS) is 16.0. The monoisotopic (exact) mass is 193 g/mol. The largest absolute Gasteiger partial charge is 0.332 e. The summed E-state index contributed by atoms with van der Waals surface area (Å²) in [6, 6.07) is 0. The third-order valence-corrected chi connectivity index (χ3v) is 2.94. The molecular formula is C11H19N3. The first kappa shape index (κ1) is 9.71. The van der Waals surface area contributed by atoms with Crippen LogP contribution in [-0.2, 0) is 19.5 Å². The predicted octanol–water partition coefficient (Wildman–Crippen LogP) is 1.80. The lowest BCUT2D eigenvalue weighted by molar-refractivity contribution is 0.503. The predicted molar refractivity (Wildman–Crippen MR) is 57.1 cm³/mol. The summed E-state index contributed by atoms with van der Waals surface area (Å²) >= 11 is 0. The number of imidazole rings is 1. The van der Waals surface area contributed by atoms with Crippen molar-refractivity contribution in [2.75, 3.05) is 0 Å². The van der Waals surface area contributed by atoms with Gasteiger partial charge < -0.3 is 10.3 Å². The van der Waals surface area contributed by atoms with Crippen molar-refractivity contribution in [1.82, 2.24) is 9.55 Å². The molecule has 0 saturated carbocycles. The molecule has 0 aromatic carbocycles. The number of nitrogens with zero attached hydrogens (tertiary/aromatic N) is 2. The third-order valence-electron chi connectivity index (χ3n) is 2.94. The van der Waals surface area contributed by atoms with Gasteiger partial charge in [-0.15, -0.1) is 0 Å². The summed E-state index contributed by atoms with van der Waals surface area (Å²) in [7, 11) is 0. The summed E-state index contributed by atoms with van der Waals surface area (Å²) in [6.07, 6.45) is 3.73. The van der Waals surface area contributed by atoms with Gasteiger partial charge in [-0.1, -0.05) is 13.8 Å². The smallest absolute Gasteiger partial charge is 0.111 e. The van der Waals surface area contributed by atoms with E-state index < -0.39 is 0 Å². The molecule has 0 atom stereocenters. The summed E-state index contributed by atoms with van der Waals surface area (Å²) in [4.78, 5) is 4.65. The summed E-state index contributed by atoms with van der Waals surface area (Å²) in [5.41, 5.74) is 8.22. The Bertz CT molecular complexity index is 326. The van der Waals surface area contributed by atoms with Crippen LogP contribution in [-0.4, -0.2) is 9.55 Å². The fraction of sp³-hybridized carbons (Fsp3) is 0.727. The highest BCUT2D eigenvalue weighted by molar-refractivity contribution is 5.20. The molecule has 1 aliphatic heterocycles. The van der Waals surface area contributed by atoms with E-state index in [0.29, 0.717) is 12.5 Å². The maximum Gasteiger partial charge on any atom is 0.111 e. The Labute approximate surface area is 85.3 Å². The lowest BCUT2D eigenvalue weighted by atomic mass is 10.1. The molecule has 0 aliphatic carbocycles. The maximum absolute atomic E-state index is 5.71. The number of rotatable bonds is 2. The molecule has 1 aromatic rings. The Kier molecular flexibility index (Phi) is 2.59. The quantitative estimate of drug-likeness (QED) is 0.778. The summed E-state index contributed by atoms with van der Waals surface area (Å²) in [5.74, 6) is 1.73. The fourth-order valence-electron chi connectivity index (χ4n) is 2.25. The molecule has 1 aliphatic rings. The lowest BCUT2D eigenvalue weighted by Gasteiger charge is -2.18. The van der Waals surface area contributed by atoms with E-state index in [2.05, 4.69) is 23.4 Å². The van der Waals surface area contributed by atoms with E-state index >= 15 is 0 Å². The van der Waals surface area contributed by atoms with Crippen LogP contribution in [0.15, 0.2) is 0 Å². The minimum atomic E-state index is 0.507. The van der Waals surface area contributed by atoms with E-state index in [1.54, 1.807) is 0 Å². The third kappa shape index (κ3) is 1.46. The second-order valence-electron chi connectivity index (χ2n) is 4.33. The number of fused-ring (bicyclic) bond motifs is 1. The van der Waals surface area contributed by atoms with E-state index in [9.17, 15) is 0 Å². The van der Waals surface area contributed by atoms with Crippen molar-refractivity contribution in [3.63, 3.8) is 0 Å². The lowest BCUT2D eigenvalue weighted by Crippen LogP contribution is -2.14. The van der Waals surface area contributed by atoms with Gasteiger partial charge in [-0.2, -0.15) is 0 Å². The molecule has 2 heterocycles. The van der Waals surface area contributed by atoms with Gasteiger partial charge in [0.15, 0.2) is 0 Å². The second kappa shape index (κ2) is 3.73. The average Bonchev–Trinajstić information content (AvgIpc) is 2.56. The molecule has 0 saturated heterocycles. The van der Waals surface area contributed by atoms with Crippen molar-refractivity contribution in [3.05, 3.63) is 17.2 Å². The highest BCUT2D eigenvalue weighted by Crippen LogP contribution is 2.24. The zero-order valence-electron chi connectivity index (χ0n) is 9.08. The van der Waals surface area contributed by atoms with E-state index in [4.69, 9.17) is 5.73 Å². The second-order valence-corrected chi connectivity index (χ2v) is 4.33. The number of hydrogen-bond acceptors (Lipinski definition) is 2. The minimum absolute atomic E-state index is 0.507. The Morgan fingerprint density at radius 3 is 2.86 bits per heavy atom. The molecular weight excluding hydrogens is 174 g/mol. The van der Waals surface area contributed by atoms with Crippen LogP contribution in [0, 0.1) is 0 Å². The van der Waals surface area contributed by atoms with Crippen LogP contribution in [0.5, 0.6) is 0 Å². The molecule has 14 heavy (non-hydrogen) atoms. The van der Waals surface area contributed by atoms with Gasteiger partial charge in [-0.25, -0.2) is 4.98 Å². The topological polar surface area (TPSA) is 43.8 Å². The molecule has 2 N–H and O–H groups in total. The van der Waals surface area contributed by atoms with Gasteiger partial charge in [0.25, 0.3) is 0 Å². The zero-order valence-corrected chi connectivity index (χ0v) is 9.08. The van der Waals surface area contributed by atoms with Crippen LogP contribution in [0.4, 0.5) is 0 Å². The first-order chi connectivity index (χ1) is 6.74. The van der Waals surface area contributed by atoms with Crippen molar-refractivity contribution in [2.24, 2.45) is 5.73 Å². The van der Waals surface area contributed by atoms with E-state index in [-0.39, 0.29) is 0 Å².